The Bertz CT molecular complexity index is 423. The van der Waals surface area contributed by atoms with Crippen LogP contribution in [-0.2, 0) is 22.6 Å². The second-order valence-electron chi connectivity index (χ2n) is 3.46. The fourth-order valence-corrected chi connectivity index (χ4v) is 1.59. The number of ether oxygens (including phenoxy) is 1. The van der Waals surface area contributed by atoms with Crippen molar-refractivity contribution in [2.24, 2.45) is 0 Å². The molecular formula is C11H10O4. The summed E-state index contributed by atoms with van der Waals surface area (Å²) in [6, 6.07) is 5.30. The normalized spacial score (nSPS) is 13.5. The van der Waals surface area contributed by atoms with E-state index in [9.17, 15) is 9.59 Å². The van der Waals surface area contributed by atoms with Crippen LogP contribution < -0.4 is 0 Å². The van der Waals surface area contributed by atoms with Crippen molar-refractivity contribution in [3.05, 3.63) is 34.9 Å². The molecule has 0 amide bonds. The Labute approximate surface area is 86.5 Å². The predicted molar refractivity (Wildman–Crippen MR) is 51.5 cm³/mol. The lowest BCUT2D eigenvalue weighted by Gasteiger charge is -2.00. The van der Waals surface area contributed by atoms with Crippen LogP contribution >= 0.6 is 0 Å². The highest BCUT2D eigenvalue weighted by Gasteiger charge is 2.20. The molecule has 4 heteroatoms. The number of hydrogen-bond donors (Lipinski definition) is 1. The number of esters is 1. The molecule has 1 aliphatic heterocycles. The van der Waals surface area contributed by atoms with E-state index in [4.69, 9.17) is 9.84 Å². The number of carbonyl (C=O) groups is 2. The third kappa shape index (κ3) is 1.98. The smallest absolute Gasteiger partial charge is 0.338 e. The summed E-state index contributed by atoms with van der Waals surface area (Å²) < 4.78 is 4.85. The highest BCUT2D eigenvalue weighted by Crippen LogP contribution is 2.21. The zero-order chi connectivity index (χ0) is 10.8. The number of carboxylic acids is 1. The molecule has 0 saturated carbocycles. The van der Waals surface area contributed by atoms with E-state index >= 15 is 0 Å². The second kappa shape index (κ2) is 3.73. The molecule has 0 atom stereocenters. The third-order valence-corrected chi connectivity index (χ3v) is 2.38. The van der Waals surface area contributed by atoms with Gasteiger partial charge in [-0.25, -0.2) is 4.79 Å². The molecule has 0 saturated heterocycles. The number of hydrogen-bond acceptors (Lipinski definition) is 3. The maximum absolute atomic E-state index is 11.1. The molecule has 1 N–H and O–H groups in total. The van der Waals surface area contributed by atoms with Crippen molar-refractivity contribution < 1.29 is 19.4 Å². The topological polar surface area (TPSA) is 63.6 Å². The summed E-state index contributed by atoms with van der Waals surface area (Å²) in [5.74, 6) is -1.11. The van der Waals surface area contributed by atoms with Crippen LogP contribution in [0.15, 0.2) is 18.2 Å². The van der Waals surface area contributed by atoms with Gasteiger partial charge in [0, 0.05) is 12.0 Å². The first-order valence-electron chi connectivity index (χ1n) is 4.67. The van der Waals surface area contributed by atoms with Crippen LogP contribution in [-0.4, -0.2) is 17.0 Å². The summed E-state index contributed by atoms with van der Waals surface area (Å²) in [6.07, 6.45) is 0.588. The van der Waals surface area contributed by atoms with E-state index in [1.54, 1.807) is 12.1 Å². The van der Waals surface area contributed by atoms with Crippen molar-refractivity contribution in [1.82, 2.24) is 0 Å². The van der Waals surface area contributed by atoms with Crippen LogP contribution in [0.5, 0.6) is 0 Å². The van der Waals surface area contributed by atoms with Gasteiger partial charge in [-0.2, -0.15) is 0 Å². The minimum absolute atomic E-state index is 0.105. The maximum Gasteiger partial charge on any atom is 0.338 e. The summed E-state index contributed by atoms with van der Waals surface area (Å²) in [5, 5.41) is 8.53. The molecule has 0 bridgehead atoms. The van der Waals surface area contributed by atoms with Crippen LogP contribution in [0.3, 0.4) is 0 Å². The Morgan fingerprint density at radius 1 is 1.47 bits per heavy atom. The highest BCUT2D eigenvalue weighted by atomic mass is 16.5. The Kier molecular flexibility index (Phi) is 2.41. The molecule has 1 heterocycles. The van der Waals surface area contributed by atoms with Gasteiger partial charge in [-0.3, -0.25) is 4.79 Å². The average molecular weight is 206 g/mol. The van der Waals surface area contributed by atoms with Crippen molar-refractivity contribution in [2.45, 2.75) is 19.4 Å². The molecule has 0 spiro atoms. The molecule has 78 valence electrons. The molecule has 4 nitrogen and oxygen atoms in total. The summed E-state index contributed by atoms with van der Waals surface area (Å²) in [5.41, 5.74) is 2.37. The molecule has 2 rings (SSSR count). The van der Waals surface area contributed by atoms with Crippen LogP contribution in [0.4, 0.5) is 0 Å². The molecule has 15 heavy (non-hydrogen) atoms. The van der Waals surface area contributed by atoms with Crippen molar-refractivity contribution in [3.8, 4) is 0 Å². The third-order valence-electron chi connectivity index (χ3n) is 2.38. The van der Waals surface area contributed by atoms with Gasteiger partial charge < -0.3 is 9.84 Å². The Balaban J connectivity index is 2.16. The van der Waals surface area contributed by atoms with Crippen molar-refractivity contribution >= 4 is 11.9 Å². The van der Waals surface area contributed by atoms with Crippen molar-refractivity contribution in [3.63, 3.8) is 0 Å². The number of carboxylic acid groups (broad SMARTS) is 1. The monoisotopic (exact) mass is 206 g/mol. The molecule has 0 aliphatic carbocycles. The lowest BCUT2D eigenvalue weighted by molar-refractivity contribution is -0.136. The standard InChI is InChI=1S/C11H10O4/c12-10(13)4-2-7-1-3-9-8(5-7)6-15-11(9)14/h1,3,5H,2,4,6H2,(H,12,13). The molecule has 1 aromatic carbocycles. The number of rotatable bonds is 3. The molecule has 0 fully saturated rings. The fraction of sp³-hybridized carbons (Fsp3) is 0.273. The molecular weight excluding hydrogens is 196 g/mol. The van der Waals surface area contributed by atoms with Crippen LogP contribution in [0, 0.1) is 0 Å². The van der Waals surface area contributed by atoms with Gasteiger partial charge in [0.25, 0.3) is 0 Å². The number of carbonyl (C=O) groups excluding carboxylic acids is 1. The average Bonchev–Trinajstić information content (AvgIpc) is 2.57. The minimum Gasteiger partial charge on any atom is -0.481 e. The van der Waals surface area contributed by atoms with Gasteiger partial charge >= 0.3 is 11.9 Å². The van der Waals surface area contributed by atoms with Crippen LogP contribution in [0.25, 0.3) is 0 Å². The van der Waals surface area contributed by atoms with Gasteiger partial charge in [0.1, 0.15) is 6.61 Å². The number of fused-ring (bicyclic) bond motifs is 1. The molecule has 0 radical (unpaired) electrons. The lowest BCUT2D eigenvalue weighted by atomic mass is 10.0. The molecule has 0 unspecified atom stereocenters. The van der Waals surface area contributed by atoms with Crippen molar-refractivity contribution in [1.29, 1.82) is 0 Å². The SMILES string of the molecule is O=C(O)CCc1ccc2c(c1)COC2=O. The summed E-state index contributed by atoms with van der Waals surface area (Å²) in [6.45, 7) is 0.301. The number of aliphatic carboxylic acids is 1. The van der Waals surface area contributed by atoms with Gasteiger partial charge in [-0.05, 0) is 18.1 Å². The first-order valence-corrected chi connectivity index (χ1v) is 4.67. The fourth-order valence-electron chi connectivity index (χ4n) is 1.59. The van der Waals surface area contributed by atoms with E-state index in [-0.39, 0.29) is 12.4 Å². The van der Waals surface area contributed by atoms with E-state index in [1.807, 2.05) is 6.07 Å². The van der Waals surface area contributed by atoms with E-state index in [0.717, 1.165) is 11.1 Å². The summed E-state index contributed by atoms with van der Waals surface area (Å²) in [4.78, 5) is 21.5. The largest absolute Gasteiger partial charge is 0.481 e. The first kappa shape index (κ1) is 9.71. The van der Waals surface area contributed by atoms with E-state index < -0.39 is 5.97 Å². The Morgan fingerprint density at radius 3 is 3.00 bits per heavy atom. The van der Waals surface area contributed by atoms with E-state index in [2.05, 4.69) is 0 Å². The summed E-state index contributed by atoms with van der Waals surface area (Å²) in [7, 11) is 0. The van der Waals surface area contributed by atoms with Crippen LogP contribution in [0.1, 0.15) is 27.9 Å². The van der Waals surface area contributed by atoms with Gasteiger partial charge in [-0.15, -0.1) is 0 Å². The lowest BCUT2D eigenvalue weighted by Crippen LogP contribution is -1.98. The van der Waals surface area contributed by atoms with E-state index in [1.165, 1.54) is 0 Å². The Morgan fingerprint density at radius 2 is 2.27 bits per heavy atom. The van der Waals surface area contributed by atoms with Crippen molar-refractivity contribution in [2.75, 3.05) is 0 Å². The van der Waals surface area contributed by atoms with Gasteiger partial charge in [0.15, 0.2) is 0 Å². The first-order chi connectivity index (χ1) is 7.16. The Hall–Kier alpha value is -1.84. The second-order valence-corrected chi connectivity index (χ2v) is 3.46. The minimum atomic E-state index is -0.817. The van der Waals surface area contributed by atoms with Gasteiger partial charge in [-0.1, -0.05) is 12.1 Å². The highest BCUT2D eigenvalue weighted by molar-refractivity contribution is 5.93. The number of cyclic esters (lactones) is 1. The van der Waals surface area contributed by atoms with E-state index in [0.29, 0.717) is 18.6 Å². The summed E-state index contributed by atoms with van der Waals surface area (Å²) >= 11 is 0. The molecule has 1 aromatic rings. The molecule has 1 aliphatic rings. The van der Waals surface area contributed by atoms with Gasteiger partial charge in [0.05, 0.1) is 5.56 Å². The van der Waals surface area contributed by atoms with Crippen LogP contribution in [0.2, 0.25) is 0 Å². The number of aryl methyl sites for hydroxylation is 1. The van der Waals surface area contributed by atoms with Gasteiger partial charge in [0.2, 0.25) is 0 Å². The zero-order valence-corrected chi connectivity index (χ0v) is 8.03. The number of benzene rings is 1. The zero-order valence-electron chi connectivity index (χ0n) is 8.03. The molecule has 0 aromatic heterocycles. The quantitative estimate of drug-likeness (QED) is 0.759. The predicted octanol–water partition coefficient (Wildman–Crippen LogP) is 1.37. The maximum atomic E-state index is 11.1.